The average Bonchev–Trinajstić information content (AvgIpc) is 3.07. The summed E-state index contributed by atoms with van der Waals surface area (Å²) < 4.78 is 10.7. The maximum absolute atomic E-state index is 11.8. The quantitative estimate of drug-likeness (QED) is 0.586. The van der Waals surface area contributed by atoms with E-state index in [0.29, 0.717) is 26.3 Å². The Kier molecular flexibility index (Phi) is 5.18. The molecule has 1 fully saturated rings. The van der Waals surface area contributed by atoms with Crippen LogP contribution >= 0.6 is 0 Å². The summed E-state index contributed by atoms with van der Waals surface area (Å²) in [4.78, 5) is 11.8. The summed E-state index contributed by atoms with van der Waals surface area (Å²) in [7, 11) is 0. The zero-order valence-corrected chi connectivity index (χ0v) is 10.1. The molecule has 0 saturated heterocycles. The molecule has 0 atom stereocenters. The van der Waals surface area contributed by atoms with Crippen molar-refractivity contribution in [2.75, 3.05) is 26.3 Å². The summed E-state index contributed by atoms with van der Waals surface area (Å²) in [5, 5.41) is 2.84. The molecule has 94 valence electrons. The summed E-state index contributed by atoms with van der Waals surface area (Å²) in [6, 6.07) is 0. The van der Waals surface area contributed by atoms with Crippen LogP contribution in [0.2, 0.25) is 0 Å². The predicted octanol–water partition coefficient (Wildman–Crippen LogP) is 0.241. The molecule has 1 saturated carbocycles. The Morgan fingerprint density at radius 1 is 1.38 bits per heavy atom. The normalized spacial score (nSPS) is 17.5. The summed E-state index contributed by atoms with van der Waals surface area (Å²) in [5.74, 6) is 0.0272. The molecule has 16 heavy (non-hydrogen) atoms. The molecule has 0 unspecified atom stereocenters. The highest BCUT2D eigenvalue weighted by molar-refractivity contribution is 5.85. The standard InChI is InChI=1S/C11H22N2O3/c1-3-15-9(16-4-2)7-13-10(14)11(8-12)5-6-11/h9H,3-8,12H2,1-2H3,(H,13,14). The van der Waals surface area contributed by atoms with Gasteiger partial charge in [-0.3, -0.25) is 4.79 Å². The largest absolute Gasteiger partial charge is 0.351 e. The number of rotatable bonds is 8. The zero-order chi connectivity index (χ0) is 12.0. The number of ether oxygens (including phenoxy) is 2. The zero-order valence-electron chi connectivity index (χ0n) is 10.1. The molecule has 5 heteroatoms. The Morgan fingerprint density at radius 3 is 2.31 bits per heavy atom. The van der Waals surface area contributed by atoms with Gasteiger partial charge in [0.15, 0.2) is 6.29 Å². The first-order valence-electron chi connectivity index (χ1n) is 5.90. The Morgan fingerprint density at radius 2 is 1.94 bits per heavy atom. The van der Waals surface area contributed by atoms with Crippen LogP contribution in [0.25, 0.3) is 0 Å². The topological polar surface area (TPSA) is 73.6 Å². The van der Waals surface area contributed by atoms with Crippen molar-refractivity contribution in [1.82, 2.24) is 5.32 Å². The Hall–Kier alpha value is -0.650. The predicted molar refractivity (Wildman–Crippen MR) is 60.8 cm³/mol. The van der Waals surface area contributed by atoms with E-state index in [4.69, 9.17) is 15.2 Å². The van der Waals surface area contributed by atoms with Crippen LogP contribution < -0.4 is 11.1 Å². The first-order chi connectivity index (χ1) is 7.68. The fourth-order valence-corrected chi connectivity index (χ4v) is 1.58. The van der Waals surface area contributed by atoms with Crippen LogP contribution in [0.1, 0.15) is 26.7 Å². The van der Waals surface area contributed by atoms with Gasteiger partial charge in [0.2, 0.25) is 5.91 Å². The maximum atomic E-state index is 11.8. The van der Waals surface area contributed by atoms with Crippen LogP contribution in [0.15, 0.2) is 0 Å². The van der Waals surface area contributed by atoms with E-state index in [1.165, 1.54) is 0 Å². The minimum absolute atomic E-state index is 0.0272. The monoisotopic (exact) mass is 230 g/mol. The van der Waals surface area contributed by atoms with Gasteiger partial charge in [0, 0.05) is 19.8 Å². The average molecular weight is 230 g/mol. The Bertz CT molecular complexity index is 223. The van der Waals surface area contributed by atoms with Gasteiger partial charge in [0.05, 0.1) is 12.0 Å². The molecule has 0 radical (unpaired) electrons. The number of nitrogens with one attached hydrogen (secondary N) is 1. The van der Waals surface area contributed by atoms with Gasteiger partial charge < -0.3 is 20.5 Å². The van der Waals surface area contributed by atoms with Gasteiger partial charge in [0.1, 0.15) is 0 Å². The smallest absolute Gasteiger partial charge is 0.227 e. The SMILES string of the molecule is CCOC(CNC(=O)C1(CN)CC1)OCC. The molecule has 1 amide bonds. The molecule has 5 nitrogen and oxygen atoms in total. The van der Waals surface area contributed by atoms with Gasteiger partial charge >= 0.3 is 0 Å². The summed E-state index contributed by atoms with van der Waals surface area (Å²) in [6.45, 7) is 5.76. The molecule has 0 aromatic heterocycles. The highest BCUT2D eigenvalue weighted by atomic mass is 16.7. The number of hydrogen-bond acceptors (Lipinski definition) is 4. The van der Waals surface area contributed by atoms with E-state index in [-0.39, 0.29) is 17.6 Å². The van der Waals surface area contributed by atoms with Gasteiger partial charge in [-0.15, -0.1) is 0 Å². The minimum atomic E-state index is -0.354. The second-order valence-corrected chi connectivity index (χ2v) is 4.03. The molecule has 0 bridgehead atoms. The van der Waals surface area contributed by atoms with Gasteiger partial charge in [-0.2, -0.15) is 0 Å². The van der Waals surface area contributed by atoms with Crippen LogP contribution in [0.3, 0.4) is 0 Å². The van der Waals surface area contributed by atoms with Crippen LogP contribution in [0.4, 0.5) is 0 Å². The number of nitrogens with two attached hydrogens (primary N) is 1. The first kappa shape index (κ1) is 13.4. The lowest BCUT2D eigenvalue weighted by Crippen LogP contribution is -2.41. The van der Waals surface area contributed by atoms with Crippen LogP contribution in [-0.2, 0) is 14.3 Å². The first-order valence-corrected chi connectivity index (χ1v) is 5.90. The number of carbonyl (C=O) groups is 1. The molecule has 0 aromatic rings. The summed E-state index contributed by atoms with van der Waals surface area (Å²) in [5.41, 5.74) is 5.27. The number of carbonyl (C=O) groups excluding carboxylic acids is 1. The molecular weight excluding hydrogens is 208 g/mol. The summed E-state index contributed by atoms with van der Waals surface area (Å²) in [6.07, 6.45) is 1.43. The molecule has 0 aromatic carbocycles. The molecule has 1 aliphatic carbocycles. The van der Waals surface area contributed by atoms with E-state index in [1.807, 2.05) is 13.8 Å². The fourth-order valence-electron chi connectivity index (χ4n) is 1.58. The van der Waals surface area contributed by atoms with E-state index in [9.17, 15) is 4.79 Å². The van der Waals surface area contributed by atoms with Crippen LogP contribution in [0, 0.1) is 5.41 Å². The Balaban J connectivity index is 2.28. The van der Waals surface area contributed by atoms with Crippen molar-refractivity contribution in [1.29, 1.82) is 0 Å². The summed E-state index contributed by atoms with van der Waals surface area (Å²) >= 11 is 0. The van der Waals surface area contributed by atoms with Crippen molar-refractivity contribution < 1.29 is 14.3 Å². The Labute approximate surface area is 96.7 Å². The van der Waals surface area contributed by atoms with Gasteiger partial charge in [-0.05, 0) is 26.7 Å². The van der Waals surface area contributed by atoms with Gasteiger partial charge in [0.25, 0.3) is 0 Å². The third-order valence-electron chi connectivity index (χ3n) is 2.86. The maximum Gasteiger partial charge on any atom is 0.227 e. The van der Waals surface area contributed by atoms with Crippen molar-refractivity contribution in [3.05, 3.63) is 0 Å². The molecular formula is C11H22N2O3. The highest BCUT2D eigenvalue weighted by Crippen LogP contribution is 2.44. The molecule has 0 aliphatic heterocycles. The van der Waals surface area contributed by atoms with E-state index in [0.717, 1.165) is 12.8 Å². The molecule has 0 spiro atoms. The molecule has 1 rings (SSSR count). The van der Waals surface area contributed by atoms with Crippen molar-refractivity contribution >= 4 is 5.91 Å². The minimum Gasteiger partial charge on any atom is -0.351 e. The highest BCUT2D eigenvalue weighted by Gasteiger charge is 2.48. The lowest BCUT2D eigenvalue weighted by molar-refractivity contribution is -0.142. The van der Waals surface area contributed by atoms with Crippen molar-refractivity contribution in [2.45, 2.75) is 33.0 Å². The molecule has 1 aliphatic rings. The third kappa shape index (κ3) is 3.43. The van der Waals surface area contributed by atoms with Gasteiger partial charge in [-0.1, -0.05) is 0 Å². The number of amides is 1. The lowest BCUT2D eigenvalue weighted by Gasteiger charge is -2.19. The van der Waals surface area contributed by atoms with Gasteiger partial charge in [-0.25, -0.2) is 0 Å². The molecule has 0 heterocycles. The number of hydrogen-bond donors (Lipinski definition) is 2. The van der Waals surface area contributed by atoms with E-state index < -0.39 is 0 Å². The van der Waals surface area contributed by atoms with E-state index in [1.54, 1.807) is 0 Å². The van der Waals surface area contributed by atoms with Crippen molar-refractivity contribution in [3.8, 4) is 0 Å². The second kappa shape index (κ2) is 6.18. The van der Waals surface area contributed by atoms with E-state index in [2.05, 4.69) is 5.32 Å². The fraction of sp³-hybridized carbons (Fsp3) is 0.909. The van der Waals surface area contributed by atoms with Crippen LogP contribution in [-0.4, -0.2) is 38.5 Å². The van der Waals surface area contributed by atoms with Crippen molar-refractivity contribution in [3.63, 3.8) is 0 Å². The second-order valence-electron chi connectivity index (χ2n) is 4.03. The third-order valence-corrected chi connectivity index (χ3v) is 2.86. The van der Waals surface area contributed by atoms with Crippen molar-refractivity contribution in [2.24, 2.45) is 11.1 Å². The van der Waals surface area contributed by atoms with Crippen LogP contribution in [0.5, 0.6) is 0 Å². The molecule has 3 N–H and O–H groups in total. The lowest BCUT2D eigenvalue weighted by atomic mass is 10.1. The van der Waals surface area contributed by atoms with E-state index >= 15 is 0 Å².